The molecule has 0 amide bonds. The first-order chi connectivity index (χ1) is 16.1. The Balaban J connectivity index is 1.36. The Bertz CT molecular complexity index is 760. The van der Waals surface area contributed by atoms with E-state index in [1.165, 1.54) is 51.4 Å². The highest BCUT2D eigenvalue weighted by Gasteiger charge is 2.38. The zero-order chi connectivity index (χ0) is 23.2. The third-order valence-corrected chi connectivity index (χ3v) is 9.07. The lowest BCUT2D eigenvalue weighted by Crippen LogP contribution is -2.34. The fraction of sp³-hybridized carbons (Fsp3) is 0.800. The van der Waals surface area contributed by atoms with Gasteiger partial charge in [0.25, 0.3) is 0 Å². The molecule has 0 aromatic heterocycles. The van der Waals surface area contributed by atoms with Crippen LogP contribution in [0.1, 0.15) is 126 Å². The fourth-order valence-electron chi connectivity index (χ4n) is 7.04. The van der Waals surface area contributed by atoms with E-state index in [1.807, 2.05) is 0 Å². The summed E-state index contributed by atoms with van der Waals surface area (Å²) in [4.78, 5) is 0. The highest BCUT2D eigenvalue weighted by Crippen LogP contribution is 2.48. The average molecular weight is 461 g/mol. The van der Waals surface area contributed by atoms with Crippen LogP contribution in [0.5, 0.6) is 0 Å². The third kappa shape index (κ3) is 6.19. The van der Waals surface area contributed by atoms with Crippen molar-refractivity contribution in [1.82, 2.24) is 0 Å². The second-order valence-corrected chi connectivity index (χ2v) is 11.4. The maximum atomic E-state index is 15.3. The predicted molar refractivity (Wildman–Crippen MR) is 133 cm³/mol. The summed E-state index contributed by atoms with van der Waals surface area (Å²) in [7, 11) is 0. The maximum absolute atomic E-state index is 15.3. The lowest BCUT2D eigenvalue weighted by Gasteiger charge is -2.42. The molecule has 0 N–H and O–H groups in total. The van der Waals surface area contributed by atoms with Gasteiger partial charge in [-0.25, -0.2) is 8.78 Å². The Morgan fingerprint density at radius 3 is 2.42 bits per heavy atom. The van der Waals surface area contributed by atoms with Crippen molar-refractivity contribution in [1.29, 1.82) is 0 Å². The van der Waals surface area contributed by atoms with Gasteiger partial charge in [-0.15, -0.1) is 0 Å². The lowest BCUT2D eigenvalue weighted by atomic mass is 9.65. The molecule has 1 nitrogen and oxygen atoms in total. The molecule has 1 aromatic carbocycles. The highest BCUT2D eigenvalue weighted by atomic mass is 19.2. The molecule has 0 radical (unpaired) electrons. The molecular weight excluding hydrogens is 414 g/mol. The minimum atomic E-state index is -0.528. The molecular formula is C30H46F2O. The Labute approximate surface area is 201 Å². The van der Waals surface area contributed by atoms with Crippen LogP contribution in [-0.2, 0) is 17.6 Å². The predicted octanol–water partition coefficient (Wildman–Crippen LogP) is 8.91. The summed E-state index contributed by atoms with van der Waals surface area (Å²) in [6.07, 6.45) is 18.4. The average Bonchev–Trinajstić information content (AvgIpc) is 2.84. The van der Waals surface area contributed by atoms with Crippen molar-refractivity contribution in [3.63, 3.8) is 0 Å². The smallest absolute Gasteiger partial charge is 0.162 e. The van der Waals surface area contributed by atoms with E-state index in [2.05, 4.69) is 19.9 Å². The molecule has 2 fully saturated rings. The molecule has 0 spiro atoms. The van der Waals surface area contributed by atoms with Gasteiger partial charge >= 0.3 is 0 Å². The molecule has 5 atom stereocenters. The molecule has 33 heavy (non-hydrogen) atoms. The molecule has 0 saturated heterocycles. The number of ether oxygens (including phenoxy) is 1. The van der Waals surface area contributed by atoms with E-state index in [0.29, 0.717) is 35.0 Å². The molecule has 2 saturated carbocycles. The van der Waals surface area contributed by atoms with Crippen LogP contribution in [0.15, 0.2) is 6.07 Å². The minimum Gasteiger partial charge on any atom is -0.378 e. The topological polar surface area (TPSA) is 9.23 Å². The van der Waals surface area contributed by atoms with Crippen LogP contribution in [0, 0.1) is 29.4 Å². The van der Waals surface area contributed by atoms with Gasteiger partial charge in [-0.2, -0.15) is 0 Å². The number of halogens is 2. The van der Waals surface area contributed by atoms with Crippen molar-refractivity contribution in [2.45, 2.75) is 129 Å². The molecule has 4 rings (SSSR count). The van der Waals surface area contributed by atoms with E-state index in [4.69, 9.17) is 4.74 Å². The van der Waals surface area contributed by atoms with Gasteiger partial charge in [0.2, 0.25) is 0 Å². The standard InChI is InChI=1S/C30H46F2O/c1-3-5-7-9-21-10-11-25-20-28(30(32)29(31)27(25)17-21)24-13-12-23-19-26(15-14-22(23)18-24)33-16-8-6-4-2/h20-24,26H,3-19H2,1-2H3. The molecule has 3 aliphatic carbocycles. The zero-order valence-corrected chi connectivity index (χ0v) is 21.1. The Kier molecular flexibility index (Phi) is 9.25. The molecule has 186 valence electrons. The number of unbranched alkanes of at least 4 members (excludes halogenated alkanes) is 4. The molecule has 3 heteroatoms. The first-order valence-electron chi connectivity index (χ1n) is 14.2. The number of rotatable bonds is 10. The highest BCUT2D eigenvalue weighted by molar-refractivity contribution is 5.38. The number of benzene rings is 1. The van der Waals surface area contributed by atoms with Gasteiger partial charge in [-0.05, 0) is 105 Å². The Morgan fingerprint density at radius 2 is 1.61 bits per heavy atom. The summed E-state index contributed by atoms with van der Waals surface area (Å²) in [6, 6.07) is 2.07. The van der Waals surface area contributed by atoms with Crippen LogP contribution < -0.4 is 0 Å². The van der Waals surface area contributed by atoms with Crippen molar-refractivity contribution >= 4 is 0 Å². The van der Waals surface area contributed by atoms with Gasteiger partial charge in [0.15, 0.2) is 11.6 Å². The van der Waals surface area contributed by atoms with Crippen molar-refractivity contribution in [2.75, 3.05) is 6.61 Å². The van der Waals surface area contributed by atoms with Gasteiger partial charge < -0.3 is 4.74 Å². The van der Waals surface area contributed by atoms with Crippen molar-refractivity contribution in [2.24, 2.45) is 17.8 Å². The maximum Gasteiger partial charge on any atom is 0.162 e. The summed E-state index contributed by atoms with van der Waals surface area (Å²) in [5.74, 6) is 1.03. The number of fused-ring (bicyclic) bond motifs is 2. The van der Waals surface area contributed by atoms with E-state index in [9.17, 15) is 0 Å². The summed E-state index contributed by atoms with van der Waals surface area (Å²) in [5.41, 5.74) is 2.48. The summed E-state index contributed by atoms with van der Waals surface area (Å²) < 4.78 is 36.7. The van der Waals surface area contributed by atoms with Crippen molar-refractivity contribution in [3.05, 3.63) is 34.4 Å². The number of hydrogen-bond acceptors (Lipinski definition) is 1. The SMILES string of the molecule is CCCCCOC1CCC2CC(c3cc4c(c(F)c3F)CC(CCCCC)CC4)CCC2C1. The fourth-order valence-corrected chi connectivity index (χ4v) is 7.04. The van der Waals surface area contributed by atoms with E-state index in [1.54, 1.807) is 0 Å². The van der Waals surface area contributed by atoms with Crippen molar-refractivity contribution in [3.8, 4) is 0 Å². The van der Waals surface area contributed by atoms with Crippen LogP contribution in [0.4, 0.5) is 8.78 Å². The Morgan fingerprint density at radius 1 is 0.848 bits per heavy atom. The zero-order valence-electron chi connectivity index (χ0n) is 21.1. The number of aryl methyl sites for hydroxylation is 1. The molecule has 0 bridgehead atoms. The second-order valence-electron chi connectivity index (χ2n) is 11.4. The molecule has 1 aromatic rings. The summed E-state index contributed by atoms with van der Waals surface area (Å²) in [5, 5.41) is 0. The first-order valence-corrected chi connectivity index (χ1v) is 14.2. The molecule has 0 aliphatic heterocycles. The normalized spacial score (nSPS) is 29.5. The monoisotopic (exact) mass is 460 g/mol. The molecule has 3 aliphatic rings. The Hall–Kier alpha value is -0.960. The summed E-state index contributed by atoms with van der Waals surface area (Å²) >= 11 is 0. The van der Waals surface area contributed by atoms with Crippen LogP contribution in [0.25, 0.3) is 0 Å². The first kappa shape index (κ1) is 25.1. The van der Waals surface area contributed by atoms with Gasteiger partial charge in [0, 0.05) is 6.61 Å². The minimum absolute atomic E-state index is 0.190. The second kappa shape index (κ2) is 12.1. The van der Waals surface area contributed by atoms with Gasteiger partial charge in [-0.3, -0.25) is 0 Å². The van der Waals surface area contributed by atoms with E-state index >= 15 is 8.78 Å². The third-order valence-electron chi connectivity index (χ3n) is 9.07. The van der Waals surface area contributed by atoms with Crippen LogP contribution in [0.2, 0.25) is 0 Å². The summed E-state index contributed by atoms with van der Waals surface area (Å²) in [6.45, 7) is 5.35. The van der Waals surface area contributed by atoms with Crippen molar-refractivity contribution < 1.29 is 13.5 Å². The van der Waals surface area contributed by atoms with E-state index in [0.717, 1.165) is 63.5 Å². The van der Waals surface area contributed by atoms with Gasteiger partial charge in [-0.1, -0.05) is 58.4 Å². The van der Waals surface area contributed by atoms with Gasteiger partial charge in [0.1, 0.15) is 0 Å². The number of hydrogen-bond donors (Lipinski definition) is 0. The molecule has 0 heterocycles. The largest absolute Gasteiger partial charge is 0.378 e. The van der Waals surface area contributed by atoms with Gasteiger partial charge in [0.05, 0.1) is 6.10 Å². The van der Waals surface area contributed by atoms with Crippen LogP contribution in [0.3, 0.4) is 0 Å². The van der Waals surface area contributed by atoms with Crippen LogP contribution in [-0.4, -0.2) is 12.7 Å². The van der Waals surface area contributed by atoms with E-state index < -0.39 is 11.6 Å². The molecule has 5 unspecified atom stereocenters. The quantitative estimate of drug-likeness (QED) is 0.317. The van der Waals surface area contributed by atoms with E-state index in [-0.39, 0.29) is 5.92 Å². The van der Waals surface area contributed by atoms with Crippen LogP contribution >= 0.6 is 0 Å². The lowest BCUT2D eigenvalue weighted by molar-refractivity contribution is -0.0164.